The molecule has 0 bridgehead atoms. The molecule has 27 heavy (non-hydrogen) atoms. The molecule has 3 aromatic heterocycles. The van der Waals surface area contributed by atoms with E-state index in [0.29, 0.717) is 23.2 Å². The third kappa shape index (κ3) is 4.35. The van der Waals surface area contributed by atoms with Crippen molar-refractivity contribution in [1.29, 1.82) is 0 Å². The fourth-order valence-corrected chi connectivity index (χ4v) is 3.54. The number of thioether (sulfide) groups is 1. The highest BCUT2D eigenvalue weighted by atomic mass is 35.5. The van der Waals surface area contributed by atoms with Crippen LogP contribution in [0, 0.1) is 0 Å². The predicted octanol–water partition coefficient (Wildman–Crippen LogP) is 4.09. The van der Waals surface area contributed by atoms with Crippen molar-refractivity contribution in [3.63, 3.8) is 0 Å². The highest BCUT2D eigenvalue weighted by Gasteiger charge is 2.10. The smallest absolute Gasteiger partial charge is 0.226 e. The van der Waals surface area contributed by atoms with Gasteiger partial charge in [-0.05, 0) is 36.8 Å². The van der Waals surface area contributed by atoms with E-state index >= 15 is 0 Å². The Balaban J connectivity index is 1.33. The van der Waals surface area contributed by atoms with E-state index in [0.717, 1.165) is 28.6 Å². The Kier molecular flexibility index (Phi) is 5.45. The molecule has 1 aromatic carbocycles. The average molecular weight is 399 g/mol. The average Bonchev–Trinajstić information content (AvgIpc) is 3.36. The van der Waals surface area contributed by atoms with Crippen LogP contribution in [0.1, 0.15) is 12.3 Å². The summed E-state index contributed by atoms with van der Waals surface area (Å²) in [4.78, 5) is 8.41. The molecule has 0 radical (unpaired) electrons. The molecule has 9 heteroatoms. The largest absolute Gasteiger partial charge is 0.339 e. The first kappa shape index (κ1) is 17.7. The maximum Gasteiger partial charge on any atom is 0.226 e. The molecule has 0 saturated heterocycles. The van der Waals surface area contributed by atoms with Crippen LogP contribution in [0.15, 0.2) is 64.8 Å². The summed E-state index contributed by atoms with van der Waals surface area (Å²) in [7, 11) is 0. The van der Waals surface area contributed by atoms with Gasteiger partial charge in [-0.2, -0.15) is 4.98 Å². The number of hydrogen-bond acceptors (Lipinski definition) is 7. The van der Waals surface area contributed by atoms with Crippen LogP contribution in [-0.4, -0.2) is 35.6 Å². The van der Waals surface area contributed by atoms with Gasteiger partial charge in [-0.1, -0.05) is 34.6 Å². The van der Waals surface area contributed by atoms with Gasteiger partial charge in [-0.25, -0.2) is 0 Å². The van der Waals surface area contributed by atoms with Crippen LogP contribution in [-0.2, 0) is 6.42 Å². The lowest BCUT2D eigenvalue weighted by atomic mass is 10.2. The molecule has 4 aromatic rings. The van der Waals surface area contributed by atoms with Crippen LogP contribution in [0.25, 0.3) is 17.1 Å². The SMILES string of the molecule is Clc1cccc(-n2cnnc2SCCCc2nc(-c3ccncc3)no2)c1. The molecule has 0 fully saturated rings. The zero-order valence-corrected chi connectivity index (χ0v) is 15.8. The second kappa shape index (κ2) is 8.32. The maximum absolute atomic E-state index is 6.07. The van der Waals surface area contributed by atoms with Gasteiger partial charge in [-0.3, -0.25) is 9.55 Å². The highest BCUT2D eigenvalue weighted by molar-refractivity contribution is 7.99. The standard InChI is InChI=1S/C18H15ClN6OS/c19-14-3-1-4-15(11-14)25-12-21-23-18(25)27-10-2-5-16-22-17(24-26-16)13-6-8-20-9-7-13/h1,3-4,6-9,11-12H,2,5,10H2. The van der Waals surface area contributed by atoms with Crippen LogP contribution < -0.4 is 0 Å². The number of rotatable bonds is 7. The molecule has 0 unspecified atom stereocenters. The zero-order chi connectivity index (χ0) is 18.5. The van der Waals surface area contributed by atoms with Gasteiger partial charge in [0.25, 0.3) is 0 Å². The predicted molar refractivity (Wildman–Crippen MR) is 103 cm³/mol. The number of aromatic nitrogens is 6. The number of pyridine rings is 1. The third-order valence-electron chi connectivity index (χ3n) is 3.78. The van der Waals surface area contributed by atoms with Gasteiger partial charge in [0.2, 0.25) is 11.7 Å². The number of benzene rings is 1. The van der Waals surface area contributed by atoms with E-state index in [4.69, 9.17) is 16.1 Å². The lowest BCUT2D eigenvalue weighted by molar-refractivity contribution is 0.378. The van der Waals surface area contributed by atoms with Gasteiger partial charge in [-0.15, -0.1) is 10.2 Å². The summed E-state index contributed by atoms with van der Waals surface area (Å²) >= 11 is 7.69. The molecule has 0 aliphatic heterocycles. The van der Waals surface area contributed by atoms with Crippen LogP contribution in [0.5, 0.6) is 0 Å². The van der Waals surface area contributed by atoms with E-state index in [-0.39, 0.29) is 0 Å². The first-order chi connectivity index (χ1) is 13.3. The van der Waals surface area contributed by atoms with Crippen LogP contribution in [0.4, 0.5) is 0 Å². The van der Waals surface area contributed by atoms with Crippen LogP contribution in [0.3, 0.4) is 0 Å². The highest BCUT2D eigenvalue weighted by Crippen LogP contribution is 2.23. The van der Waals surface area contributed by atoms with E-state index in [9.17, 15) is 0 Å². The number of nitrogens with zero attached hydrogens (tertiary/aromatic N) is 6. The van der Waals surface area contributed by atoms with Crippen molar-refractivity contribution < 1.29 is 4.52 Å². The molecule has 4 rings (SSSR count). The Morgan fingerprint density at radius 1 is 1.15 bits per heavy atom. The summed E-state index contributed by atoms with van der Waals surface area (Å²) in [6.45, 7) is 0. The minimum absolute atomic E-state index is 0.584. The normalized spacial score (nSPS) is 11.0. The van der Waals surface area contributed by atoms with Gasteiger partial charge in [0.15, 0.2) is 5.16 Å². The van der Waals surface area contributed by atoms with Crippen molar-refractivity contribution in [2.45, 2.75) is 18.0 Å². The molecule has 0 saturated carbocycles. The lowest BCUT2D eigenvalue weighted by Gasteiger charge is -2.06. The molecule has 0 spiro atoms. The van der Waals surface area contributed by atoms with Gasteiger partial charge < -0.3 is 4.52 Å². The topological polar surface area (TPSA) is 82.5 Å². The van der Waals surface area contributed by atoms with Crippen molar-refractivity contribution >= 4 is 23.4 Å². The zero-order valence-electron chi connectivity index (χ0n) is 14.2. The van der Waals surface area contributed by atoms with Gasteiger partial charge in [0.05, 0.1) is 5.69 Å². The quantitative estimate of drug-likeness (QED) is 0.342. The van der Waals surface area contributed by atoms with Gasteiger partial charge in [0, 0.05) is 35.2 Å². The lowest BCUT2D eigenvalue weighted by Crippen LogP contribution is -1.96. The molecule has 7 nitrogen and oxygen atoms in total. The van der Waals surface area contributed by atoms with Crippen LogP contribution >= 0.6 is 23.4 Å². The molecule has 3 heterocycles. The van der Waals surface area contributed by atoms with E-state index in [2.05, 4.69) is 25.3 Å². The van der Waals surface area contributed by atoms with E-state index < -0.39 is 0 Å². The summed E-state index contributed by atoms with van der Waals surface area (Å²) in [6, 6.07) is 11.3. The van der Waals surface area contributed by atoms with Crippen molar-refractivity contribution in [2.24, 2.45) is 0 Å². The van der Waals surface area contributed by atoms with Gasteiger partial charge in [0.1, 0.15) is 6.33 Å². The van der Waals surface area contributed by atoms with E-state index in [1.807, 2.05) is 41.0 Å². The molecule has 136 valence electrons. The monoisotopic (exact) mass is 398 g/mol. The summed E-state index contributed by atoms with van der Waals surface area (Å²) in [5, 5.41) is 13.7. The van der Waals surface area contributed by atoms with Crippen molar-refractivity contribution in [1.82, 2.24) is 29.9 Å². The Hall–Kier alpha value is -2.71. The third-order valence-corrected chi connectivity index (χ3v) is 5.04. The Morgan fingerprint density at radius 2 is 2.04 bits per heavy atom. The van der Waals surface area contributed by atoms with Crippen molar-refractivity contribution in [3.05, 3.63) is 66.0 Å². The second-order valence-corrected chi connectivity index (χ2v) is 7.16. The molecule has 0 aliphatic carbocycles. The Bertz CT molecular complexity index is 1020. The Morgan fingerprint density at radius 3 is 2.89 bits per heavy atom. The van der Waals surface area contributed by atoms with E-state index in [1.54, 1.807) is 30.5 Å². The first-order valence-electron chi connectivity index (χ1n) is 8.31. The van der Waals surface area contributed by atoms with E-state index in [1.165, 1.54) is 0 Å². The summed E-state index contributed by atoms with van der Waals surface area (Å²) in [5.41, 5.74) is 1.83. The minimum Gasteiger partial charge on any atom is -0.339 e. The molecular weight excluding hydrogens is 384 g/mol. The molecule has 0 amide bonds. The molecule has 0 N–H and O–H groups in total. The minimum atomic E-state index is 0.584. The molecule has 0 aliphatic rings. The van der Waals surface area contributed by atoms with Crippen LogP contribution in [0.2, 0.25) is 5.02 Å². The first-order valence-corrected chi connectivity index (χ1v) is 9.68. The second-order valence-electron chi connectivity index (χ2n) is 5.66. The fraction of sp³-hybridized carbons (Fsp3) is 0.167. The summed E-state index contributed by atoms with van der Waals surface area (Å²) in [5.74, 6) is 2.06. The molecular formula is C18H15ClN6OS. The Labute approximate surface area is 164 Å². The van der Waals surface area contributed by atoms with Crippen molar-refractivity contribution in [2.75, 3.05) is 5.75 Å². The van der Waals surface area contributed by atoms with Crippen molar-refractivity contribution in [3.8, 4) is 17.1 Å². The number of halogens is 1. The maximum atomic E-state index is 6.07. The summed E-state index contributed by atoms with van der Waals surface area (Å²) in [6.07, 6.45) is 6.69. The molecule has 0 atom stereocenters. The summed E-state index contributed by atoms with van der Waals surface area (Å²) < 4.78 is 7.25. The number of hydrogen-bond donors (Lipinski definition) is 0. The number of aryl methyl sites for hydroxylation is 1. The fourth-order valence-electron chi connectivity index (χ4n) is 2.49. The van der Waals surface area contributed by atoms with Gasteiger partial charge >= 0.3 is 0 Å².